The van der Waals surface area contributed by atoms with Gasteiger partial charge in [-0.1, -0.05) is 0 Å². The minimum Gasteiger partial charge on any atom is -0.391 e. The molecule has 0 aromatic rings. The van der Waals surface area contributed by atoms with Crippen LogP contribution in [0.25, 0.3) is 0 Å². The zero-order valence-electron chi connectivity index (χ0n) is 6.33. The first-order valence-electron chi connectivity index (χ1n) is 3.23. The summed E-state index contributed by atoms with van der Waals surface area (Å²) in [5.74, 6) is -0.382. The van der Waals surface area contributed by atoms with E-state index in [1.807, 2.05) is 0 Å². The number of nitrogens with two attached hydrogens (primary N) is 1. The number of carbonyl (C=O) groups is 2. The Morgan fingerprint density at radius 3 is 2.36 bits per heavy atom. The van der Waals surface area contributed by atoms with Crippen molar-refractivity contribution in [2.75, 3.05) is 6.54 Å². The molecule has 0 spiro atoms. The number of rotatable bonds is 0. The molecule has 0 aliphatic carbocycles. The molecule has 0 bridgehead atoms. The fraction of sp³-hybridized carbons (Fsp3) is 0.667. The van der Waals surface area contributed by atoms with Gasteiger partial charge in [0.1, 0.15) is 0 Å². The maximum atomic E-state index is 10.2. The van der Waals surface area contributed by atoms with Gasteiger partial charge in [0, 0.05) is 13.5 Å². The predicted octanol–water partition coefficient (Wildman–Crippen LogP) is -1.64. The molecule has 0 saturated carbocycles. The van der Waals surface area contributed by atoms with E-state index in [1.54, 1.807) is 0 Å². The van der Waals surface area contributed by atoms with E-state index in [1.165, 1.54) is 6.92 Å². The van der Waals surface area contributed by atoms with Crippen molar-refractivity contribution in [1.82, 2.24) is 5.32 Å². The minimum atomic E-state index is -0.438. The molecule has 4 N–H and O–H groups in total. The molecule has 1 atom stereocenters. The number of aliphatic hydroxyl groups is 1. The van der Waals surface area contributed by atoms with Crippen LogP contribution in [0.2, 0.25) is 0 Å². The third-order valence-electron chi connectivity index (χ3n) is 0.956. The van der Waals surface area contributed by atoms with Crippen LogP contribution < -0.4 is 11.1 Å². The van der Waals surface area contributed by atoms with Gasteiger partial charge < -0.3 is 16.2 Å². The summed E-state index contributed by atoms with van der Waals surface area (Å²) in [6.07, 6.45) is -0.160. The molecule has 5 heteroatoms. The first kappa shape index (κ1) is 9.90. The maximum Gasteiger partial charge on any atom is 0.222 e. The van der Waals surface area contributed by atoms with E-state index < -0.39 is 6.10 Å². The Morgan fingerprint density at radius 2 is 2.27 bits per heavy atom. The Morgan fingerprint density at radius 1 is 1.82 bits per heavy atom. The van der Waals surface area contributed by atoms with E-state index in [0.29, 0.717) is 6.54 Å². The maximum absolute atomic E-state index is 10.2. The fourth-order valence-corrected chi connectivity index (χ4v) is 0.590. The number of nitrogens with one attached hydrogen (secondary N) is 1. The van der Waals surface area contributed by atoms with Crippen molar-refractivity contribution in [3.8, 4) is 0 Å². The van der Waals surface area contributed by atoms with Crippen LogP contribution in [0, 0.1) is 0 Å². The summed E-state index contributed by atoms with van der Waals surface area (Å²) in [7, 11) is 0. The molecule has 0 aromatic heterocycles. The van der Waals surface area contributed by atoms with Gasteiger partial charge in [-0.25, -0.2) is 0 Å². The third-order valence-corrected chi connectivity index (χ3v) is 0.956. The smallest absolute Gasteiger partial charge is 0.222 e. The second-order valence-electron chi connectivity index (χ2n) is 2.27. The molecule has 1 aliphatic heterocycles. The number of carbonyl (C=O) groups excluding carboxylic acids is 2. The van der Waals surface area contributed by atoms with Crippen molar-refractivity contribution in [3.05, 3.63) is 0 Å². The van der Waals surface area contributed by atoms with Gasteiger partial charge in [-0.3, -0.25) is 9.59 Å². The molecule has 1 fully saturated rings. The Balaban J connectivity index is 0.000000218. The molecule has 1 heterocycles. The highest BCUT2D eigenvalue weighted by Crippen LogP contribution is 1.95. The summed E-state index contributed by atoms with van der Waals surface area (Å²) in [6, 6.07) is 0. The number of hydrogen-bond donors (Lipinski definition) is 3. The van der Waals surface area contributed by atoms with Gasteiger partial charge in [0.15, 0.2) is 0 Å². The second kappa shape index (κ2) is 4.68. The highest BCUT2D eigenvalue weighted by Gasteiger charge is 2.17. The van der Waals surface area contributed by atoms with Gasteiger partial charge in [0.25, 0.3) is 0 Å². The first-order chi connectivity index (χ1) is 5.02. The van der Waals surface area contributed by atoms with Crippen molar-refractivity contribution >= 4 is 11.8 Å². The van der Waals surface area contributed by atoms with Gasteiger partial charge in [0.05, 0.1) is 12.5 Å². The lowest BCUT2D eigenvalue weighted by Crippen LogP contribution is -2.14. The lowest BCUT2D eigenvalue weighted by molar-refractivity contribution is -0.119. The van der Waals surface area contributed by atoms with Crippen molar-refractivity contribution in [2.45, 2.75) is 19.4 Å². The Hall–Kier alpha value is -1.10. The molecule has 1 saturated heterocycles. The zero-order chi connectivity index (χ0) is 8.85. The Bertz CT molecular complexity index is 154. The summed E-state index contributed by atoms with van der Waals surface area (Å²) in [5.41, 5.74) is 4.47. The SMILES string of the molecule is CC(N)=O.O=C1C[C@H](O)CN1. The van der Waals surface area contributed by atoms with E-state index in [2.05, 4.69) is 11.1 Å². The molecular formula is C6H12N2O3. The third kappa shape index (κ3) is 6.79. The van der Waals surface area contributed by atoms with Gasteiger partial charge in [-0.15, -0.1) is 0 Å². The van der Waals surface area contributed by atoms with E-state index in [-0.39, 0.29) is 18.2 Å². The molecule has 11 heavy (non-hydrogen) atoms. The molecule has 0 radical (unpaired) electrons. The summed E-state index contributed by atoms with van der Waals surface area (Å²) in [6.45, 7) is 1.73. The summed E-state index contributed by atoms with van der Waals surface area (Å²) in [5, 5.41) is 11.1. The fourth-order valence-electron chi connectivity index (χ4n) is 0.590. The zero-order valence-corrected chi connectivity index (χ0v) is 6.33. The number of aliphatic hydroxyl groups excluding tert-OH is 1. The van der Waals surface area contributed by atoms with E-state index >= 15 is 0 Å². The number of primary amides is 1. The van der Waals surface area contributed by atoms with E-state index in [0.717, 1.165) is 0 Å². The average molecular weight is 160 g/mol. The van der Waals surface area contributed by atoms with Crippen molar-refractivity contribution in [1.29, 1.82) is 0 Å². The van der Waals surface area contributed by atoms with Gasteiger partial charge in [-0.2, -0.15) is 0 Å². The lowest BCUT2D eigenvalue weighted by Gasteiger charge is -1.89. The minimum absolute atomic E-state index is 0.0486. The van der Waals surface area contributed by atoms with Crippen LogP contribution in [-0.4, -0.2) is 29.6 Å². The highest BCUT2D eigenvalue weighted by molar-refractivity contribution is 5.78. The highest BCUT2D eigenvalue weighted by atomic mass is 16.3. The Labute approximate surface area is 64.6 Å². The monoisotopic (exact) mass is 160 g/mol. The van der Waals surface area contributed by atoms with Crippen LogP contribution in [-0.2, 0) is 9.59 Å². The van der Waals surface area contributed by atoms with Gasteiger partial charge in [-0.05, 0) is 0 Å². The molecule has 1 aliphatic rings. The van der Waals surface area contributed by atoms with Gasteiger partial charge >= 0.3 is 0 Å². The van der Waals surface area contributed by atoms with Gasteiger partial charge in [0.2, 0.25) is 11.8 Å². The lowest BCUT2D eigenvalue weighted by atomic mass is 10.3. The van der Waals surface area contributed by atoms with Crippen molar-refractivity contribution in [2.24, 2.45) is 5.73 Å². The molecular weight excluding hydrogens is 148 g/mol. The van der Waals surface area contributed by atoms with E-state index in [4.69, 9.17) is 5.11 Å². The Kier molecular flexibility index (Phi) is 4.21. The molecule has 1 rings (SSSR count). The first-order valence-corrected chi connectivity index (χ1v) is 3.23. The van der Waals surface area contributed by atoms with Crippen LogP contribution in [0.4, 0.5) is 0 Å². The molecule has 2 amide bonds. The molecule has 5 nitrogen and oxygen atoms in total. The summed E-state index contributed by atoms with van der Waals surface area (Å²) in [4.78, 5) is 19.4. The average Bonchev–Trinajstić information content (AvgIpc) is 2.13. The van der Waals surface area contributed by atoms with Crippen LogP contribution in [0.1, 0.15) is 13.3 Å². The molecule has 64 valence electrons. The summed E-state index contributed by atoms with van der Waals surface area (Å²) >= 11 is 0. The van der Waals surface area contributed by atoms with Crippen LogP contribution >= 0.6 is 0 Å². The number of β-amino-alcohol motifs (C(OH)–C–C–N with tert-alkyl or cyclic N) is 1. The van der Waals surface area contributed by atoms with E-state index in [9.17, 15) is 9.59 Å². The second-order valence-corrected chi connectivity index (χ2v) is 2.27. The molecule has 0 unspecified atom stereocenters. The van der Waals surface area contributed by atoms with Crippen LogP contribution in [0.5, 0.6) is 0 Å². The largest absolute Gasteiger partial charge is 0.391 e. The standard InChI is InChI=1S/C4H7NO2.C2H5NO/c6-3-1-4(7)5-2-3;1-2(3)4/h3,6H,1-2H2,(H,5,7);1H3,(H2,3,4)/t3-;/m0./s1. The van der Waals surface area contributed by atoms with Crippen LogP contribution in [0.15, 0.2) is 0 Å². The predicted molar refractivity (Wildman–Crippen MR) is 38.5 cm³/mol. The van der Waals surface area contributed by atoms with Crippen molar-refractivity contribution in [3.63, 3.8) is 0 Å². The number of hydrogen-bond acceptors (Lipinski definition) is 3. The molecule has 0 aromatic carbocycles. The normalized spacial score (nSPS) is 21.6. The van der Waals surface area contributed by atoms with Crippen molar-refractivity contribution < 1.29 is 14.7 Å². The number of amides is 2. The summed E-state index contributed by atoms with van der Waals surface area (Å²) < 4.78 is 0. The quantitative estimate of drug-likeness (QED) is 0.396. The van der Waals surface area contributed by atoms with Crippen LogP contribution in [0.3, 0.4) is 0 Å². The topological polar surface area (TPSA) is 92.4 Å².